The van der Waals surface area contributed by atoms with Gasteiger partial charge in [0.25, 0.3) is 11.7 Å². The second kappa shape index (κ2) is 9.62. The molecule has 7 heteroatoms. The average Bonchev–Trinajstić information content (AvgIpc) is 3.14. The van der Waals surface area contributed by atoms with Crippen molar-refractivity contribution in [1.82, 2.24) is 0 Å². The van der Waals surface area contributed by atoms with Crippen LogP contribution in [0.2, 0.25) is 0 Å². The maximum absolute atomic E-state index is 13.2. The Morgan fingerprint density at radius 3 is 2.35 bits per heavy atom. The third-order valence-corrected chi connectivity index (χ3v) is 5.52. The van der Waals surface area contributed by atoms with Crippen LogP contribution in [0.15, 0.2) is 84.4 Å². The highest BCUT2D eigenvalue weighted by atomic mass is 16.5. The molecular weight excluding hydrogens is 434 g/mol. The van der Waals surface area contributed by atoms with Crippen molar-refractivity contribution >= 4 is 29.1 Å². The van der Waals surface area contributed by atoms with Crippen molar-refractivity contribution < 1.29 is 29.0 Å². The van der Waals surface area contributed by atoms with Crippen LogP contribution in [0.5, 0.6) is 5.75 Å². The summed E-state index contributed by atoms with van der Waals surface area (Å²) in [6, 6.07) is 21.0. The molecule has 172 valence electrons. The molecule has 3 aromatic rings. The molecule has 1 aliphatic heterocycles. The monoisotopic (exact) mass is 457 g/mol. The second-order valence-corrected chi connectivity index (χ2v) is 7.58. The van der Waals surface area contributed by atoms with Gasteiger partial charge < -0.3 is 14.6 Å². The maximum atomic E-state index is 13.2. The van der Waals surface area contributed by atoms with Crippen molar-refractivity contribution in [3.05, 3.63) is 101 Å². The van der Waals surface area contributed by atoms with Crippen molar-refractivity contribution in [3.8, 4) is 5.75 Å². The first-order chi connectivity index (χ1) is 16.5. The average molecular weight is 457 g/mol. The van der Waals surface area contributed by atoms with Crippen LogP contribution in [0, 0.1) is 0 Å². The number of hydrogen-bond donors (Lipinski definition) is 1. The third-order valence-electron chi connectivity index (χ3n) is 5.52. The molecule has 1 unspecified atom stereocenters. The molecular formula is C27H23NO6. The molecule has 0 spiro atoms. The molecule has 0 aliphatic carbocycles. The van der Waals surface area contributed by atoms with Crippen molar-refractivity contribution in [3.63, 3.8) is 0 Å². The minimum Gasteiger partial charge on any atom is -0.507 e. The zero-order valence-electron chi connectivity index (χ0n) is 18.7. The number of hydrogen-bond acceptors (Lipinski definition) is 6. The van der Waals surface area contributed by atoms with Crippen LogP contribution >= 0.6 is 0 Å². The van der Waals surface area contributed by atoms with Gasteiger partial charge in [0.05, 0.1) is 30.9 Å². The quantitative estimate of drug-likeness (QED) is 0.254. The Morgan fingerprint density at radius 1 is 0.941 bits per heavy atom. The van der Waals surface area contributed by atoms with Crippen molar-refractivity contribution in [2.45, 2.75) is 13.0 Å². The van der Waals surface area contributed by atoms with Crippen molar-refractivity contribution in [1.29, 1.82) is 0 Å². The van der Waals surface area contributed by atoms with Gasteiger partial charge in [0, 0.05) is 11.3 Å². The van der Waals surface area contributed by atoms with E-state index in [4.69, 9.17) is 9.47 Å². The highest BCUT2D eigenvalue weighted by Gasteiger charge is 2.47. The fraction of sp³-hybridized carbons (Fsp3) is 0.148. The Morgan fingerprint density at radius 2 is 1.65 bits per heavy atom. The number of rotatable bonds is 6. The highest BCUT2D eigenvalue weighted by Crippen LogP contribution is 2.42. The van der Waals surface area contributed by atoms with Gasteiger partial charge in [0.2, 0.25) is 0 Å². The third kappa shape index (κ3) is 4.15. The van der Waals surface area contributed by atoms with Crippen LogP contribution in [-0.2, 0) is 14.3 Å². The number of carbonyl (C=O) groups is 3. The highest BCUT2D eigenvalue weighted by molar-refractivity contribution is 6.51. The summed E-state index contributed by atoms with van der Waals surface area (Å²) < 4.78 is 10.3. The standard InChI is InChI=1S/C27H23NO6/c1-3-34-21-14-8-11-18(16-21)24(29)22-23(17-9-5-4-6-10-17)28(26(31)25(22)30)20-13-7-12-19(15-20)27(32)33-2/h4-16,23,29H,3H2,1-2H3/b24-22+. The SMILES string of the molecule is CCOc1cccc(/C(O)=C2\C(=O)C(=O)N(c3cccc(C(=O)OC)c3)C2c2ccccc2)c1. The molecule has 1 atom stereocenters. The first-order valence-corrected chi connectivity index (χ1v) is 10.7. The molecule has 34 heavy (non-hydrogen) atoms. The van der Waals surface area contributed by atoms with E-state index < -0.39 is 23.7 Å². The van der Waals surface area contributed by atoms with E-state index in [0.29, 0.717) is 29.2 Å². The van der Waals surface area contributed by atoms with Gasteiger partial charge in [0.15, 0.2) is 0 Å². The van der Waals surface area contributed by atoms with Gasteiger partial charge in [-0.25, -0.2) is 4.79 Å². The zero-order chi connectivity index (χ0) is 24.2. The molecule has 1 aliphatic rings. The number of aliphatic hydroxyl groups is 1. The van der Waals surface area contributed by atoms with Crippen LogP contribution < -0.4 is 9.64 Å². The normalized spacial score (nSPS) is 17.0. The number of benzene rings is 3. The summed E-state index contributed by atoms with van der Waals surface area (Å²) in [6.45, 7) is 2.28. The van der Waals surface area contributed by atoms with Gasteiger partial charge in [-0.3, -0.25) is 14.5 Å². The summed E-state index contributed by atoms with van der Waals surface area (Å²) >= 11 is 0. The lowest BCUT2D eigenvalue weighted by Crippen LogP contribution is -2.29. The Kier molecular flexibility index (Phi) is 6.45. The maximum Gasteiger partial charge on any atom is 0.337 e. The summed E-state index contributed by atoms with van der Waals surface area (Å²) in [5.74, 6) is -1.97. The molecule has 1 amide bonds. The summed E-state index contributed by atoms with van der Waals surface area (Å²) in [5.41, 5.74) is 1.51. The molecule has 1 N–H and O–H groups in total. The topological polar surface area (TPSA) is 93.1 Å². The number of nitrogens with zero attached hydrogens (tertiary/aromatic N) is 1. The number of anilines is 1. The largest absolute Gasteiger partial charge is 0.507 e. The van der Waals surface area contributed by atoms with E-state index in [1.54, 1.807) is 66.7 Å². The minimum absolute atomic E-state index is 0.0479. The summed E-state index contributed by atoms with van der Waals surface area (Å²) in [6.07, 6.45) is 0. The van der Waals surface area contributed by atoms with Crippen LogP contribution in [0.4, 0.5) is 5.69 Å². The number of ketones is 1. The molecule has 4 rings (SSSR count). The summed E-state index contributed by atoms with van der Waals surface area (Å²) in [7, 11) is 1.27. The molecule has 1 fully saturated rings. The lowest BCUT2D eigenvalue weighted by Gasteiger charge is -2.25. The van der Waals surface area contributed by atoms with Crippen molar-refractivity contribution in [2.24, 2.45) is 0 Å². The van der Waals surface area contributed by atoms with Gasteiger partial charge in [-0.05, 0) is 42.8 Å². The summed E-state index contributed by atoms with van der Waals surface area (Å²) in [4.78, 5) is 39.8. The Bertz CT molecular complexity index is 1280. The number of Topliss-reactive ketones (excluding diaryl/α,β-unsaturated/α-hetero) is 1. The predicted molar refractivity (Wildman–Crippen MR) is 127 cm³/mol. The molecule has 0 radical (unpaired) electrons. The number of amides is 1. The zero-order valence-corrected chi connectivity index (χ0v) is 18.7. The Hall–Kier alpha value is -4.39. The van der Waals surface area contributed by atoms with Gasteiger partial charge in [-0.1, -0.05) is 48.5 Å². The number of esters is 1. The van der Waals surface area contributed by atoms with Crippen LogP contribution in [-0.4, -0.2) is 36.5 Å². The van der Waals surface area contributed by atoms with E-state index >= 15 is 0 Å². The lowest BCUT2D eigenvalue weighted by atomic mass is 9.95. The van der Waals surface area contributed by atoms with Crippen LogP contribution in [0.3, 0.4) is 0 Å². The van der Waals surface area contributed by atoms with Gasteiger partial charge in [0.1, 0.15) is 11.5 Å². The fourth-order valence-electron chi connectivity index (χ4n) is 4.01. The lowest BCUT2D eigenvalue weighted by molar-refractivity contribution is -0.132. The molecule has 3 aromatic carbocycles. The van der Waals surface area contributed by atoms with Gasteiger partial charge >= 0.3 is 5.97 Å². The van der Waals surface area contributed by atoms with Gasteiger partial charge in [-0.15, -0.1) is 0 Å². The Labute approximate surface area is 196 Å². The van der Waals surface area contributed by atoms with E-state index in [0.717, 1.165) is 0 Å². The van der Waals surface area contributed by atoms with E-state index in [9.17, 15) is 19.5 Å². The molecule has 0 bridgehead atoms. The van der Waals surface area contributed by atoms with E-state index in [2.05, 4.69) is 0 Å². The molecule has 7 nitrogen and oxygen atoms in total. The predicted octanol–water partition coefficient (Wildman–Crippen LogP) is 4.50. The number of methoxy groups -OCH3 is 1. The molecule has 1 heterocycles. The van der Waals surface area contributed by atoms with Crippen LogP contribution in [0.25, 0.3) is 5.76 Å². The Balaban J connectivity index is 1.90. The minimum atomic E-state index is -0.898. The van der Waals surface area contributed by atoms with E-state index in [1.807, 2.05) is 13.0 Å². The number of carbonyl (C=O) groups excluding carboxylic acids is 3. The van der Waals surface area contributed by atoms with Crippen molar-refractivity contribution in [2.75, 3.05) is 18.6 Å². The number of ether oxygens (including phenoxy) is 2. The molecule has 1 saturated heterocycles. The van der Waals surface area contributed by atoms with Crippen LogP contribution in [0.1, 0.15) is 34.5 Å². The van der Waals surface area contributed by atoms with E-state index in [-0.39, 0.29) is 16.9 Å². The fourth-order valence-corrected chi connectivity index (χ4v) is 4.01. The molecule has 0 saturated carbocycles. The second-order valence-electron chi connectivity index (χ2n) is 7.58. The summed E-state index contributed by atoms with van der Waals surface area (Å²) in [5, 5.41) is 11.2. The first-order valence-electron chi connectivity index (χ1n) is 10.7. The van der Waals surface area contributed by atoms with E-state index in [1.165, 1.54) is 18.1 Å². The van der Waals surface area contributed by atoms with Gasteiger partial charge in [-0.2, -0.15) is 0 Å². The smallest absolute Gasteiger partial charge is 0.337 e. The number of aliphatic hydroxyl groups excluding tert-OH is 1. The first kappa shape index (κ1) is 22.8. The molecule has 0 aromatic heterocycles.